The minimum Gasteiger partial charge on any atom is -0.508 e. The van der Waals surface area contributed by atoms with E-state index in [1.807, 2.05) is 14.0 Å². The van der Waals surface area contributed by atoms with Gasteiger partial charge in [0.2, 0.25) is 11.8 Å². The molecule has 0 radical (unpaired) electrons. The Bertz CT molecular complexity index is 1050. The Morgan fingerprint density at radius 3 is 1.90 bits per heavy atom. The Morgan fingerprint density at radius 1 is 0.820 bits per heavy atom. The molecule has 0 fully saturated rings. The van der Waals surface area contributed by atoms with E-state index in [0.717, 1.165) is 55.5 Å². The van der Waals surface area contributed by atoms with Gasteiger partial charge in [-0.1, -0.05) is 41.2 Å². The van der Waals surface area contributed by atoms with Crippen LogP contribution in [0.2, 0.25) is 0 Å². The lowest BCUT2D eigenvalue weighted by Gasteiger charge is -2.30. The smallest absolute Gasteiger partial charge is 0.236 e. The highest BCUT2D eigenvalue weighted by Crippen LogP contribution is 2.28. The maximum Gasteiger partial charge on any atom is 0.236 e. The monoisotopic (exact) mass is 704 g/mol. The summed E-state index contributed by atoms with van der Waals surface area (Å²) in [5.74, 6) is 1.12. The van der Waals surface area contributed by atoms with Crippen molar-refractivity contribution in [3.05, 3.63) is 30.3 Å². The van der Waals surface area contributed by atoms with Gasteiger partial charge in [0.1, 0.15) is 5.75 Å². The maximum atomic E-state index is 12.0. The summed E-state index contributed by atoms with van der Waals surface area (Å²) >= 11 is 0. The molecule has 10 heteroatoms. The van der Waals surface area contributed by atoms with Crippen molar-refractivity contribution in [3.63, 3.8) is 0 Å². The van der Waals surface area contributed by atoms with Gasteiger partial charge in [-0.15, -0.1) is 0 Å². The van der Waals surface area contributed by atoms with Gasteiger partial charge >= 0.3 is 0 Å². The molecule has 0 saturated carbocycles. The molecule has 0 aliphatic carbocycles. The Balaban J connectivity index is 0.00000117. The first kappa shape index (κ1) is 47.3. The highest BCUT2D eigenvalue weighted by atomic mass is 16.3. The van der Waals surface area contributed by atoms with E-state index in [1.54, 1.807) is 25.2 Å². The SMILES string of the molecule is C=C(CCNC(C)=O)c1cc(O)ccc1NC.CCN(C)CCC[C@@H](CCCN(CC)CC)CCCN(CC)CCN(CC)C(C)C(=O)NC. The van der Waals surface area contributed by atoms with E-state index in [4.69, 9.17) is 0 Å². The van der Waals surface area contributed by atoms with Crippen LogP contribution in [0.25, 0.3) is 5.57 Å². The van der Waals surface area contributed by atoms with Crippen molar-refractivity contribution < 1.29 is 14.7 Å². The van der Waals surface area contributed by atoms with E-state index >= 15 is 0 Å². The molecule has 2 amide bonds. The molecular formula is C40H77N7O3. The fourth-order valence-corrected chi connectivity index (χ4v) is 6.25. The van der Waals surface area contributed by atoms with E-state index in [2.05, 4.69) is 83.8 Å². The van der Waals surface area contributed by atoms with E-state index in [9.17, 15) is 14.7 Å². The fourth-order valence-electron chi connectivity index (χ4n) is 6.25. The second-order valence-corrected chi connectivity index (χ2v) is 13.4. The number of nitrogens with zero attached hydrogens (tertiary/aromatic N) is 4. The Labute approximate surface area is 307 Å². The molecule has 0 bridgehead atoms. The summed E-state index contributed by atoms with van der Waals surface area (Å²) < 4.78 is 0. The highest BCUT2D eigenvalue weighted by molar-refractivity contribution is 5.81. The average Bonchev–Trinajstić information content (AvgIpc) is 3.11. The molecule has 0 aromatic heterocycles. The van der Waals surface area contributed by atoms with E-state index in [0.29, 0.717) is 13.0 Å². The van der Waals surface area contributed by atoms with Crippen LogP contribution in [0.15, 0.2) is 24.8 Å². The summed E-state index contributed by atoms with van der Waals surface area (Å²) in [5.41, 5.74) is 2.66. The molecule has 2 atom stereocenters. The lowest BCUT2D eigenvalue weighted by Crippen LogP contribution is -2.47. The third-order valence-corrected chi connectivity index (χ3v) is 9.94. The zero-order valence-electron chi connectivity index (χ0n) is 33.9. The van der Waals surface area contributed by atoms with Crippen molar-refractivity contribution in [1.29, 1.82) is 0 Å². The van der Waals surface area contributed by atoms with Crippen LogP contribution in [-0.2, 0) is 9.59 Å². The molecule has 1 aromatic carbocycles. The summed E-state index contributed by atoms with van der Waals surface area (Å²) in [6, 6.07) is 5.03. The van der Waals surface area contributed by atoms with Crippen LogP contribution in [0.3, 0.4) is 0 Å². The van der Waals surface area contributed by atoms with Crippen molar-refractivity contribution in [3.8, 4) is 5.75 Å². The zero-order valence-corrected chi connectivity index (χ0v) is 33.9. The first-order chi connectivity index (χ1) is 23.9. The first-order valence-electron chi connectivity index (χ1n) is 19.4. The van der Waals surface area contributed by atoms with E-state index < -0.39 is 0 Å². The molecule has 1 rings (SSSR count). The number of anilines is 1. The summed E-state index contributed by atoms with van der Waals surface area (Å²) in [5, 5.41) is 18.0. The number of hydrogen-bond donors (Lipinski definition) is 4. The normalized spacial score (nSPS) is 12.5. The number of aromatic hydroxyl groups is 1. The average molecular weight is 704 g/mol. The standard InChI is InChI=1S/C27H59N5O.C13H18N2O2/c1-9-29(8)20-14-17-26(18-15-21-30(10-2)11-3)19-16-22-31(12-4)23-24-32(13-5)25(6)27(33)28-7;1-9(6-7-15-10(2)16)12-8-11(17)4-5-13(12)14-3/h25-26H,9-24H2,1-8H3,(H,28,33);4-5,8,14,17H,1,6-7H2,2-3H3,(H,15,16)/t25?,26-;/m0./s1. The van der Waals surface area contributed by atoms with Gasteiger partial charge in [-0.2, -0.15) is 0 Å². The summed E-state index contributed by atoms with van der Waals surface area (Å²) in [6.07, 6.45) is 8.66. The van der Waals surface area contributed by atoms with Gasteiger partial charge in [0, 0.05) is 51.9 Å². The number of carbonyl (C=O) groups excluding carboxylic acids is 2. The number of phenols is 1. The highest BCUT2D eigenvalue weighted by Gasteiger charge is 2.19. The summed E-state index contributed by atoms with van der Waals surface area (Å²) in [4.78, 5) is 32.6. The van der Waals surface area contributed by atoms with Crippen molar-refractivity contribution in [2.24, 2.45) is 5.92 Å². The zero-order chi connectivity index (χ0) is 37.9. The molecule has 0 spiro atoms. The van der Waals surface area contributed by atoms with Gasteiger partial charge in [-0.05, 0) is 141 Å². The number of amides is 2. The van der Waals surface area contributed by atoms with Crippen LogP contribution in [0.4, 0.5) is 5.69 Å². The van der Waals surface area contributed by atoms with E-state index in [1.165, 1.54) is 78.2 Å². The summed E-state index contributed by atoms with van der Waals surface area (Å²) in [7, 11) is 5.78. The van der Waals surface area contributed by atoms with Gasteiger partial charge in [0.25, 0.3) is 0 Å². The predicted molar refractivity (Wildman–Crippen MR) is 215 cm³/mol. The molecule has 50 heavy (non-hydrogen) atoms. The van der Waals surface area contributed by atoms with Crippen molar-refractivity contribution in [2.75, 3.05) is 98.5 Å². The van der Waals surface area contributed by atoms with Crippen molar-refractivity contribution in [2.45, 2.75) is 99.5 Å². The molecule has 1 unspecified atom stereocenters. The second-order valence-electron chi connectivity index (χ2n) is 13.4. The van der Waals surface area contributed by atoms with Crippen LogP contribution in [-0.4, -0.2) is 136 Å². The van der Waals surface area contributed by atoms with Crippen LogP contribution in [0.1, 0.15) is 99.0 Å². The Morgan fingerprint density at radius 2 is 1.40 bits per heavy atom. The molecule has 0 aliphatic rings. The molecule has 0 saturated heterocycles. The van der Waals surface area contributed by atoms with Crippen LogP contribution < -0.4 is 16.0 Å². The van der Waals surface area contributed by atoms with Gasteiger partial charge in [-0.25, -0.2) is 0 Å². The van der Waals surface area contributed by atoms with Crippen LogP contribution >= 0.6 is 0 Å². The first-order valence-corrected chi connectivity index (χ1v) is 19.4. The number of nitrogens with one attached hydrogen (secondary N) is 3. The maximum absolute atomic E-state index is 12.0. The van der Waals surface area contributed by atoms with Gasteiger partial charge < -0.3 is 35.8 Å². The molecule has 0 heterocycles. The number of phenolic OH excluding ortho intramolecular Hbond substituents is 1. The van der Waals surface area contributed by atoms with Crippen molar-refractivity contribution >= 4 is 23.1 Å². The lowest BCUT2D eigenvalue weighted by atomic mass is 9.92. The molecule has 0 aliphatic heterocycles. The molecule has 10 nitrogen and oxygen atoms in total. The topological polar surface area (TPSA) is 103 Å². The minimum atomic E-state index is -0.0601. The summed E-state index contributed by atoms with van der Waals surface area (Å²) in [6.45, 7) is 30.3. The number of hydrogen-bond acceptors (Lipinski definition) is 8. The predicted octanol–water partition coefficient (Wildman–Crippen LogP) is 5.99. The molecule has 290 valence electrons. The van der Waals surface area contributed by atoms with Gasteiger partial charge in [-0.3, -0.25) is 14.5 Å². The number of rotatable bonds is 27. The fraction of sp³-hybridized carbons (Fsp3) is 0.750. The minimum absolute atomic E-state index is 0.0532. The Kier molecular flexibility index (Phi) is 27.4. The third-order valence-electron chi connectivity index (χ3n) is 9.94. The number of likely N-dealkylation sites (N-methyl/N-ethyl adjacent to an activating group) is 3. The molecule has 1 aromatic rings. The van der Waals surface area contributed by atoms with Gasteiger partial charge in [0.15, 0.2) is 0 Å². The Hall–Kier alpha value is -2.66. The van der Waals surface area contributed by atoms with E-state index in [-0.39, 0.29) is 23.6 Å². The van der Waals surface area contributed by atoms with Crippen molar-refractivity contribution in [1.82, 2.24) is 30.2 Å². The second kappa shape index (κ2) is 29.0. The molecular weight excluding hydrogens is 626 g/mol. The largest absolute Gasteiger partial charge is 0.508 e. The van der Waals surface area contributed by atoms with Crippen LogP contribution in [0, 0.1) is 5.92 Å². The third kappa shape index (κ3) is 20.9. The van der Waals surface area contributed by atoms with Gasteiger partial charge in [0.05, 0.1) is 6.04 Å². The van der Waals surface area contributed by atoms with Crippen LogP contribution in [0.5, 0.6) is 5.75 Å². The quantitative estimate of drug-likeness (QED) is 0.0830. The lowest BCUT2D eigenvalue weighted by molar-refractivity contribution is -0.125. The number of benzene rings is 1. The number of carbonyl (C=O) groups is 2. The molecule has 4 N–H and O–H groups in total.